The molecule has 3 N–H and O–H groups in total. The number of methoxy groups -OCH3 is 1. The van der Waals surface area contributed by atoms with E-state index >= 15 is 0 Å². The van der Waals surface area contributed by atoms with Crippen LogP contribution in [0.4, 0.5) is 17.1 Å². The fourth-order valence-electron chi connectivity index (χ4n) is 4.02. The largest absolute Gasteiger partial charge is 0.508 e. The van der Waals surface area contributed by atoms with Gasteiger partial charge in [0.05, 0.1) is 18.4 Å². The van der Waals surface area contributed by atoms with E-state index in [0.29, 0.717) is 22.7 Å². The molecule has 0 aliphatic carbocycles. The summed E-state index contributed by atoms with van der Waals surface area (Å²) in [6.45, 7) is 4.01. The highest BCUT2D eigenvalue weighted by Crippen LogP contribution is 2.25. The van der Waals surface area contributed by atoms with Gasteiger partial charge in [0.1, 0.15) is 11.5 Å². The van der Waals surface area contributed by atoms with Crippen molar-refractivity contribution in [2.45, 2.75) is 6.42 Å². The summed E-state index contributed by atoms with van der Waals surface area (Å²) in [4.78, 5) is 30.5. The molecule has 0 saturated carbocycles. The van der Waals surface area contributed by atoms with E-state index < -0.39 is 5.91 Å². The maximum Gasteiger partial charge on any atom is 0.257 e. The predicted octanol–water partition coefficient (Wildman–Crippen LogP) is 4.05. The van der Waals surface area contributed by atoms with Crippen LogP contribution in [0.2, 0.25) is 0 Å². The minimum atomic E-state index is -0.456. The molecule has 3 aromatic carbocycles. The van der Waals surface area contributed by atoms with Crippen molar-refractivity contribution < 1.29 is 19.4 Å². The standard InChI is InChI=1S/C27H30N4O4/c1-30-14-3-15-31(17-16-30)21-8-4-19(5-9-21)26(33)29-25-13-10-22(32)18-24(25)27(34)28-20-6-11-23(35-2)12-7-20/h4-13,18,32H,3,14-17H2,1-2H3,(H,28,34)(H,29,33). The van der Waals surface area contributed by atoms with Crippen LogP contribution in [0.15, 0.2) is 66.7 Å². The zero-order valence-electron chi connectivity index (χ0n) is 20.0. The molecule has 1 aliphatic heterocycles. The Hall–Kier alpha value is -4.04. The molecule has 0 spiro atoms. The molecule has 1 heterocycles. The van der Waals surface area contributed by atoms with Crippen molar-refractivity contribution in [1.29, 1.82) is 0 Å². The van der Waals surface area contributed by atoms with Gasteiger partial charge < -0.3 is 30.3 Å². The van der Waals surface area contributed by atoms with Crippen LogP contribution in [-0.2, 0) is 0 Å². The Morgan fingerprint density at radius 1 is 0.857 bits per heavy atom. The molecule has 4 rings (SSSR count). The lowest BCUT2D eigenvalue weighted by Gasteiger charge is -2.23. The first kappa shape index (κ1) is 24.1. The van der Waals surface area contributed by atoms with E-state index in [1.165, 1.54) is 18.2 Å². The van der Waals surface area contributed by atoms with Crippen LogP contribution < -0.4 is 20.3 Å². The van der Waals surface area contributed by atoms with Crippen molar-refractivity contribution in [2.24, 2.45) is 0 Å². The van der Waals surface area contributed by atoms with Gasteiger partial charge >= 0.3 is 0 Å². The Bertz CT molecular complexity index is 1180. The number of aromatic hydroxyl groups is 1. The molecule has 35 heavy (non-hydrogen) atoms. The molecule has 2 amide bonds. The molecule has 1 aliphatic rings. The van der Waals surface area contributed by atoms with E-state index in [1.807, 2.05) is 12.1 Å². The fourth-order valence-corrected chi connectivity index (χ4v) is 4.02. The highest BCUT2D eigenvalue weighted by atomic mass is 16.5. The summed E-state index contributed by atoms with van der Waals surface area (Å²) >= 11 is 0. The second-order valence-electron chi connectivity index (χ2n) is 8.56. The number of likely N-dealkylation sites (N-methyl/N-ethyl adjacent to an activating group) is 1. The lowest BCUT2D eigenvalue weighted by Crippen LogP contribution is -2.28. The Morgan fingerprint density at radius 2 is 1.60 bits per heavy atom. The minimum absolute atomic E-state index is 0.0738. The van der Waals surface area contributed by atoms with Crippen LogP contribution in [0.3, 0.4) is 0 Å². The highest BCUT2D eigenvalue weighted by molar-refractivity contribution is 6.12. The number of hydrogen-bond acceptors (Lipinski definition) is 6. The van der Waals surface area contributed by atoms with Crippen LogP contribution >= 0.6 is 0 Å². The van der Waals surface area contributed by atoms with Crippen LogP contribution in [0.25, 0.3) is 0 Å². The summed E-state index contributed by atoms with van der Waals surface area (Å²) in [5.74, 6) is -0.197. The molecule has 0 bridgehead atoms. The van der Waals surface area contributed by atoms with Crippen molar-refractivity contribution in [1.82, 2.24) is 4.90 Å². The SMILES string of the molecule is COc1ccc(NC(=O)c2cc(O)ccc2NC(=O)c2ccc(N3CCCN(C)CC3)cc2)cc1. The number of anilines is 3. The van der Waals surface area contributed by atoms with Gasteiger partial charge in [0.15, 0.2) is 0 Å². The Morgan fingerprint density at radius 3 is 2.31 bits per heavy atom. The van der Waals surface area contributed by atoms with Gasteiger partial charge in [0.2, 0.25) is 0 Å². The topological polar surface area (TPSA) is 94.1 Å². The first-order valence-electron chi connectivity index (χ1n) is 11.6. The van der Waals surface area contributed by atoms with Crippen LogP contribution in [-0.4, -0.2) is 62.2 Å². The zero-order valence-corrected chi connectivity index (χ0v) is 20.0. The summed E-state index contributed by atoms with van der Waals surface area (Å²) in [6.07, 6.45) is 1.10. The normalized spacial score (nSPS) is 14.2. The maximum absolute atomic E-state index is 12.9. The second kappa shape index (κ2) is 10.9. The molecule has 1 saturated heterocycles. The molecule has 8 heteroatoms. The molecule has 0 atom stereocenters. The van der Waals surface area contributed by atoms with Crippen molar-refractivity contribution in [3.05, 3.63) is 77.9 Å². The zero-order chi connectivity index (χ0) is 24.8. The number of carbonyl (C=O) groups excluding carboxylic acids is 2. The van der Waals surface area contributed by atoms with Crippen LogP contribution in [0.5, 0.6) is 11.5 Å². The molecular formula is C27H30N4O4. The molecule has 0 radical (unpaired) electrons. The van der Waals surface area contributed by atoms with Crippen molar-refractivity contribution in [3.63, 3.8) is 0 Å². The van der Waals surface area contributed by atoms with E-state index in [2.05, 4.69) is 27.5 Å². The number of hydrogen-bond donors (Lipinski definition) is 3. The first-order chi connectivity index (χ1) is 16.9. The quantitative estimate of drug-likeness (QED) is 0.467. The number of nitrogens with zero attached hydrogens (tertiary/aromatic N) is 2. The highest BCUT2D eigenvalue weighted by Gasteiger charge is 2.17. The molecule has 8 nitrogen and oxygen atoms in total. The van der Waals surface area contributed by atoms with Crippen LogP contribution in [0, 0.1) is 0 Å². The Balaban J connectivity index is 1.46. The Labute approximate surface area is 205 Å². The molecule has 3 aromatic rings. The smallest absolute Gasteiger partial charge is 0.257 e. The second-order valence-corrected chi connectivity index (χ2v) is 8.56. The predicted molar refractivity (Wildman–Crippen MR) is 138 cm³/mol. The molecular weight excluding hydrogens is 444 g/mol. The number of rotatable bonds is 6. The summed E-state index contributed by atoms with van der Waals surface area (Å²) in [6, 6.07) is 18.6. The lowest BCUT2D eigenvalue weighted by molar-refractivity contribution is 0.102. The summed E-state index contributed by atoms with van der Waals surface area (Å²) in [5, 5.41) is 15.5. The van der Waals surface area contributed by atoms with Gasteiger partial charge in [-0.05, 0) is 86.7 Å². The minimum Gasteiger partial charge on any atom is -0.508 e. The van der Waals surface area contributed by atoms with E-state index in [9.17, 15) is 14.7 Å². The molecule has 0 unspecified atom stereocenters. The van der Waals surface area contributed by atoms with Crippen molar-refractivity contribution in [3.8, 4) is 11.5 Å². The van der Waals surface area contributed by atoms with E-state index in [4.69, 9.17) is 4.74 Å². The number of amides is 2. The number of benzene rings is 3. The fraction of sp³-hybridized carbons (Fsp3) is 0.259. The Kier molecular flexibility index (Phi) is 7.52. The lowest BCUT2D eigenvalue weighted by atomic mass is 10.1. The number of phenolic OH excluding ortho intramolecular Hbond substituents is 1. The number of carbonyl (C=O) groups is 2. The third-order valence-electron chi connectivity index (χ3n) is 6.06. The van der Waals surface area contributed by atoms with Crippen LogP contribution in [0.1, 0.15) is 27.1 Å². The monoisotopic (exact) mass is 474 g/mol. The third kappa shape index (κ3) is 6.10. The van der Waals surface area contributed by atoms with Gasteiger partial charge in [-0.2, -0.15) is 0 Å². The van der Waals surface area contributed by atoms with Gasteiger partial charge in [-0.25, -0.2) is 0 Å². The van der Waals surface area contributed by atoms with Gasteiger partial charge in [-0.15, -0.1) is 0 Å². The summed E-state index contributed by atoms with van der Waals surface area (Å²) in [5.41, 5.74) is 2.58. The van der Waals surface area contributed by atoms with Gasteiger partial charge in [-0.1, -0.05) is 0 Å². The average molecular weight is 475 g/mol. The van der Waals surface area contributed by atoms with Gasteiger partial charge in [0, 0.05) is 36.6 Å². The molecule has 1 fully saturated rings. The van der Waals surface area contributed by atoms with E-state index in [1.54, 1.807) is 43.5 Å². The number of phenols is 1. The van der Waals surface area contributed by atoms with Gasteiger partial charge in [0.25, 0.3) is 11.8 Å². The van der Waals surface area contributed by atoms with Gasteiger partial charge in [-0.3, -0.25) is 9.59 Å². The third-order valence-corrected chi connectivity index (χ3v) is 6.06. The summed E-state index contributed by atoms with van der Waals surface area (Å²) < 4.78 is 5.13. The van der Waals surface area contributed by atoms with E-state index in [-0.39, 0.29) is 17.2 Å². The average Bonchev–Trinajstić information content (AvgIpc) is 3.10. The number of ether oxygens (including phenoxy) is 1. The molecule has 0 aromatic heterocycles. The first-order valence-corrected chi connectivity index (χ1v) is 11.6. The summed E-state index contributed by atoms with van der Waals surface area (Å²) in [7, 11) is 3.70. The molecule has 182 valence electrons. The van der Waals surface area contributed by atoms with E-state index in [0.717, 1.165) is 38.3 Å². The van der Waals surface area contributed by atoms with Crippen molar-refractivity contribution >= 4 is 28.9 Å². The number of nitrogens with one attached hydrogen (secondary N) is 2. The maximum atomic E-state index is 12.9. The van der Waals surface area contributed by atoms with Crippen molar-refractivity contribution in [2.75, 3.05) is 55.9 Å².